The standard InChI is InChI=1S/C25H34N4O4S/c1-25(2,3)20-8-10-22(11-9-20)34(32,33)27-16-18-4-6-19(7-5-18)24(31)28-21-12-14-29(15-13-21)17-23(26)30/h4-11,21,27H,12-17H2,1-3H3,(H2,26,30)(H,28,31). The maximum atomic E-state index is 12.6. The van der Waals surface area contributed by atoms with Crippen molar-refractivity contribution in [3.8, 4) is 0 Å². The number of nitrogens with two attached hydrogens (primary N) is 1. The summed E-state index contributed by atoms with van der Waals surface area (Å²) in [5.41, 5.74) is 7.52. The summed E-state index contributed by atoms with van der Waals surface area (Å²) in [4.78, 5) is 25.8. The predicted octanol–water partition coefficient (Wildman–Crippen LogP) is 2.14. The van der Waals surface area contributed by atoms with Gasteiger partial charge in [0.2, 0.25) is 15.9 Å². The zero-order valence-corrected chi connectivity index (χ0v) is 20.8. The van der Waals surface area contributed by atoms with E-state index < -0.39 is 10.0 Å². The normalized spacial score (nSPS) is 15.7. The molecule has 0 spiro atoms. The van der Waals surface area contributed by atoms with E-state index in [4.69, 9.17) is 5.73 Å². The lowest BCUT2D eigenvalue weighted by Gasteiger charge is -2.31. The zero-order valence-electron chi connectivity index (χ0n) is 20.0. The number of piperidine rings is 1. The number of hydrogen-bond acceptors (Lipinski definition) is 5. The molecule has 1 fully saturated rings. The highest BCUT2D eigenvalue weighted by Gasteiger charge is 2.22. The average Bonchev–Trinajstić information content (AvgIpc) is 2.78. The Hall–Kier alpha value is -2.75. The van der Waals surface area contributed by atoms with Gasteiger partial charge in [-0.25, -0.2) is 13.1 Å². The molecular formula is C25H34N4O4S. The van der Waals surface area contributed by atoms with Gasteiger partial charge in [0.1, 0.15) is 0 Å². The number of carbonyl (C=O) groups excluding carboxylic acids is 2. The average molecular weight is 487 g/mol. The summed E-state index contributed by atoms with van der Waals surface area (Å²) in [5.74, 6) is -0.511. The summed E-state index contributed by atoms with van der Waals surface area (Å²) < 4.78 is 27.9. The van der Waals surface area contributed by atoms with Crippen molar-refractivity contribution >= 4 is 21.8 Å². The number of carbonyl (C=O) groups is 2. The molecular weight excluding hydrogens is 452 g/mol. The minimum Gasteiger partial charge on any atom is -0.369 e. The van der Waals surface area contributed by atoms with Crippen LogP contribution < -0.4 is 15.8 Å². The molecule has 1 heterocycles. The van der Waals surface area contributed by atoms with Crippen LogP contribution in [0.1, 0.15) is 55.1 Å². The first kappa shape index (κ1) is 25.9. The number of nitrogens with one attached hydrogen (secondary N) is 2. The summed E-state index contributed by atoms with van der Waals surface area (Å²) in [7, 11) is -3.64. The van der Waals surface area contributed by atoms with Crippen LogP contribution in [0.4, 0.5) is 0 Å². The van der Waals surface area contributed by atoms with E-state index in [1.807, 2.05) is 17.0 Å². The Morgan fingerprint density at radius 2 is 1.59 bits per heavy atom. The Morgan fingerprint density at radius 1 is 1.00 bits per heavy atom. The number of primary amides is 1. The molecule has 9 heteroatoms. The number of rotatable bonds is 8. The van der Waals surface area contributed by atoms with Gasteiger partial charge in [0.05, 0.1) is 11.4 Å². The lowest BCUT2D eigenvalue weighted by Crippen LogP contribution is -2.46. The Morgan fingerprint density at radius 3 is 2.12 bits per heavy atom. The number of amides is 2. The van der Waals surface area contributed by atoms with Gasteiger partial charge in [0, 0.05) is 31.2 Å². The summed E-state index contributed by atoms with van der Waals surface area (Å²) in [6.07, 6.45) is 1.52. The third-order valence-corrected chi connectivity index (χ3v) is 7.43. The third-order valence-electron chi connectivity index (χ3n) is 6.02. The van der Waals surface area contributed by atoms with Gasteiger partial charge >= 0.3 is 0 Å². The number of benzene rings is 2. The number of sulfonamides is 1. The van der Waals surface area contributed by atoms with Gasteiger partial charge in [0.15, 0.2) is 0 Å². The Kier molecular flexibility index (Phi) is 8.12. The molecule has 184 valence electrons. The van der Waals surface area contributed by atoms with Crippen LogP contribution in [0.3, 0.4) is 0 Å². The summed E-state index contributed by atoms with van der Waals surface area (Å²) in [6.45, 7) is 8.03. The third kappa shape index (κ3) is 7.12. The predicted molar refractivity (Wildman–Crippen MR) is 132 cm³/mol. The van der Waals surface area contributed by atoms with Crippen LogP contribution in [-0.2, 0) is 26.8 Å². The summed E-state index contributed by atoms with van der Waals surface area (Å²) in [5, 5.41) is 3.03. The molecule has 0 radical (unpaired) electrons. The topological polar surface area (TPSA) is 122 Å². The fraction of sp³-hybridized carbons (Fsp3) is 0.440. The quantitative estimate of drug-likeness (QED) is 0.528. The fourth-order valence-corrected chi connectivity index (χ4v) is 4.91. The molecule has 2 aromatic rings. The van der Waals surface area contributed by atoms with Crippen LogP contribution >= 0.6 is 0 Å². The van der Waals surface area contributed by atoms with Crippen LogP contribution in [-0.4, -0.2) is 50.8 Å². The van der Waals surface area contributed by atoms with Crippen LogP contribution in [0.2, 0.25) is 0 Å². The van der Waals surface area contributed by atoms with Crippen LogP contribution in [0.15, 0.2) is 53.4 Å². The van der Waals surface area contributed by atoms with Crippen LogP contribution in [0.25, 0.3) is 0 Å². The second-order valence-corrected chi connectivity index (χ2v) is 11.6. The largest absolute Gasteiger partial charge is 0.369 e. The van der Waals surface area contributed by atoms with E-state index in [1.165, 1.54) is 0 Å². The molecule has 0 bridgehead atoms. The van der Waals surface area contributed by atoms with Crippen molar-refractivity contribution in [2.24, 2.45) is 5.73 Å². The van der Waals surface area contributed by atoms with Crippen LogP contribution in [0.5, 0.6) is 0 Å². The van der Waals surface area contributed by atoms with Gasteiger partial charge < -0.3 is 11.1 Å². The highest BCUT2D eigenvalue weighted by atomic mass is 32.2. The first-order valence-electron chi connectivity index (χ1n) is 11.4. The van der Waals surface area contributed by atoms with E-state index >= 15 is 0 Å². The van der Waals surface area contributed by atoms with Crippen LogP contribution in [0, 0.1) is 0 Å². The molecule has 0 aromatic heterocycles. The first-order chi connectivity index (χ1) is 15.9. The van der Waals surface area contributed by atoms with Crippen molar-refractivity contribution in [2.75, 3.05) is 19.6 Å². The molecule has 2 aromatic carbocycles. The van der Waals surface area contributed by atoms with Crippen molar-refractivity contribution in [1.82, 2.24) is 14.9 Å². The molecule has 0 atom stereocenters. The fourth-order valence-electron chi connectivity index (χ4n) is 3.89. The zero-order chi connectivity index (χ0) is 24.9. The first-order valence-corrected chi connectivity index (χ1v) is 12.9. The van der Waals surface area contributed by atoms with E-state index in [1.54, 1.807) is 36.4 Å². The SMILES string of the molecule is CC(C)(C)c1ccc(S(=O)(=O)NCc2ccc(C(=O)NC3CCN(CC(N)=O)CC3)cc2)cc1. The lowest BCUT2D eigenvalue weighted by molar-refractivity contribution is -0.119. The Bertz CT molecular complexity index is 1100. The van der Waals surface area contributed by atoms with Gasteiger partial charge in [0.25, 0.3) is 5.91 Å². The van der Waals surface area contributed by atoms with Crippen molar-refractivity contribution < 1.29 is 18.0 Å². The Labute approximate surface area is 202 Å². The van der Waals surface area contributed by atoms with Crippen molar-refractivity contribution in [3.05, 3.63) is 65.2 Å². The second kappa shape index (κ2) is 10.7. The van der Waals surface area contributed by atoms with Gasteiger partial charge in [-0.3, -0.25) is 14.5 Å². The van der Waals surface area contributed by atoms with E-state index in [9.17, 15) is 18.0 Å². The maximum absolute atomic E-state index is 12.6. The molecule has 34 heavy (non-hydrogen) atoms. The second-order valence-electron chi connectivity index (χ2n) is 9.79. The number of nitrogens with zero attached hydrogens (tertiary/aromatic N) is 1. The Balaban J connectivity index is 1.51. The molecule has 2 amide bonds. The molecule has 0 saturated carbocycles. The molecule has 1 aliphatic heterocycles. The molecule has 3 rings (SSSR count). The lowest BCUT2D eigenvalue weighted by atomic mass is 9.87. The molecule has 8 nitrogen and oxygen atoms in total. The highest BCUT2D eigenvalue weighted by Crippen LogP contribution is 2.23. The maximum Gasteiger partial charge on any atom is 0.251 e. The van der Waals surface area contributed by atoms with E-state index in [-0.39, 0.29) is 41.3 Å². The van der Waals surface area contributed by atoms with Gasteiger partial charge in [-0.1, -0.05) is 45.0 Å². The molecule has 1 saturated heterocycles. The molecule has 1 aliphatic rings. The molecule has 0 aliphatic carbocycles. The monoisotopic (exact) mass is 486 g/mol. The van der Waals surface area contributed by atoms with Gasteiger partial charge in [-0.15, -0.1) is 0 Å². The number of likely N-dealkylation sites (tertiary alicyclic amines) is 1. The smallest absolute Gasteiger partial charge is 0.251 e. The van der Waals surface area contributed by atoms with Gasteiger partial charge in [-0.2, -0.15) is 0 Å². The summed E-state index contributed by atoms with van der Waals surface area (Å²) >= 11 is 0. The van der Waals surface area contributed by atoms with Crippen molar-refractivity contribution in [3.63, 3.8) is 0 Å². The minimum atomic E-state index is -3.64. The number of hydrogen-bond donors (Lipinski definition) is 3. The van der Waals surface area contributed by atoms with E-state index in [2.05, 4.69) is 30.8 Å². The molecule has 4 N–H and O–H groups in total. The molecule has 0 unspecified atom stereocenters. The van der Waals surface area contributed by atoms with E-state index in [0.29, 0.717) is 18.7 Å². The minimum absolute atomic E-state index is 0.0489. The van der Waals surface area contributed by atoms with E-state index in [0.717, 1.165) is 24.0 Å². The highest BCUT2D eigenvalue weighted by molar-refractivity contribution is 7.89. The van der Waals surface area contributed by atoms with Crippen molar-refractivity contribution in [1.29, 1.82) is 0 Å². The van der Waals surface area contributed by atoms with Gasteiger partial charge in [-0.05, 0) is 53.6 Å². The van der Waals surface area contributed by atoms with Crippen molar-refractivity contribution in [2.45, 2.75) is 56.5 Å². The summed E-state index contributed by atoms with van der Waals surface area (Å²) in [6, 6.07) is 13.8.